The second-order valence-corrected chi connectivity index (χ2v) is 7.18. The lowest BCUT2D eigenvalue weighted by atomic mass is 10.1. The van der Waals surface area contributed by atoms with Crippen molar-refractivity contribution in [3.05, 3.63) is 71.6 Å². The number of hydrogen-bond donors (Lipinski definition) is 1. The predicted octanol–water partition coefficient (Wildman–Crippen LogP) is 4.30. The Morgan fingerprint density at radius 1 is 1.22 bits per heavy atom. The average molecular weight is 437 g/mol. The average Bonchev–Trinajstić information content (AvgIpc) is 3.29. The molecule has 4 aromatic rings. The minimum atomic E-state index is -0.702. The lowest BCUT2D eigenvalue weighted by Gasteiger charge is -2.18. The number of hydrogen-bond acceptors (Lipinski definition) is 5. The van der Waals surface area contributed by atoms with Crippen LogP contribution in [-0.2, 0) is 13.2 Å². The molecule has 0 saturated heterocycles. The Kier molecular flexibility index (Phi) is 6.07. The van der Waals surface area contributed by atoms with Crippen molar-refractivity contribution in [3.63, 3.8) is 0 Å². The van der Waals surface area contributed by atoms with Crippen LogP contribution in [-0.4, -0.2) is 44.6 Å². The molecule has 0 bridgehead atoms. The third-order valence-electron chi connectivity index (χ3n) is 5.02. The Labute approximate surface area is 183 Å². The van der Waals surface area contributed by atoms with Crippen molar-refractivity contribution in [3.8, 4) is 17.0 Å². The second-order valence-electron chi connectivity index (χ2n) is 7.18. The highest BCUT2D eigenvalue weighted by Gasteiger charge is 2.19. The molecule has 4 rings (SSSR count). The molecule has 0 spiro atoms. The molecule has 3 heterocycles. The summed E-state index contributed by atoms with van der Waals surface area (Å²) in [6.45, 7) is 1.66. The summed E-state index contributed by atoms with van der Waals surface area (Å²) in [6, 6.07) is 9.37. The zero-order chi connectivity index (χ0) is 22.7. The molecule has 1 aromatic carbocycles. The third-order valence-corrected chi connectivity index (χ3v) is 5.02. The second kappa shape index (κ2) is 9.09. The number of halogens is 2. The summed E-state index contributed by atoms with van der Waals surface area (Å²) in [5, 5.41) is 7.39. The van der Waals surface area contributed by atoms with Gasteiger partial charge in [0.1, 0.15) is 18.2 Å². The number of H-pyrrole nitrogens is 1. The van der Waals surface area contributed by atoms with Crippen LogP contribution in [0, 0.1) is 5.82 Å². The zero-order valence-electron chi connectivity index (χ0n) is 17.6. The molecule has 1 amide bonds. The number of aromatic amines is 1. The highest BCUT2D eigenvalue weighted by atomic mass is 19.1. The number of aromatic nitrogens is 4. The first-order chi connectivity index (χ1) is 15.5. The van der Waals surface area contributed by atoms with Crippen LogP contribution < -0.4 is 4.74 Å². The first kappa shape index (κ1) is 21.4. The van der Waals surface area contributed by atoms with Crippen LogP contribution in [0.3, 0.4) is 0 Å². The fourth-order valence-electron chi connectivity index (χ4n) is 3.47. The van der Waals surface area contributed by atoms with Crippen LogP contribution in [0.4, 0.5) is 8.78 Å². The van der Waals surface area contributed by atoms with Gasteiger partial charge in [-0.25, -0.2) is 13.8 Å². The number of carbonyl (C=O) groups excluding carboxylic acids is 1. The summed E-state index contributed by atoms with van der Waals surface area (Å²) < 4.78 is 32.4. The molecule has 0 radical (unpaired) electrons. The van der Waals surface area contributed by atoms with E-state index in [0.717, 1.165) is 0 Å². The highest BCUT2D eigenvalue weighted by Crippen LogP contribution is 2.29. The number of carbonyl (C=O) groups is 1. The number of nitrogens with zero attached hydrogens (tertiary/aromatic N) is 4. The molecule has 0 aliphatic rings. The smallest absolute Gasteiger partial charge is 0.272 e. The Hall–Kier alpha value is -3.88. The summed E-state index contributed by atoms with van der Waals surface area (Å²) in [6.07, 6.45) is 3.05. The van der Waals surface area contributed by atoms with Gasteiger partial charge in [0, 0.05) is 36.3 Å². The maximum Gasteiger partial charge on any atom is 0.272 e. The van der Waals surface area contributed by atoms with Gasteiger partial charge in [-0.15, -0.1) is 0 Å². The van der Waals surface area contributed by atoms with Gasteiger partial charge in [-0.1, -0.05) is 12.1 Å². The standard InChI is InChI=1S/C23H21F2N5O2/c1-3-32-22-17(14-5-4-6-16(25)9-14)7-8-19(28-22)23(31)30(2)13-15-11-26-20(10-24)18-12-27-29-21(15)18/h4-9,11-12H,3,10,13H2,1-2H3,(H,27,29). The van der Waals surface area contributed by atoms with Crippen molar-refractivity contribution in [1.82, 2.24) is 25.1 Å². The van der Waals surface area contributed by atoms with E-state index < -0.39 is 6.67 Å². The lowest BCUT2D eigenvalue weighted by molar-refractivity contribution is 0.0778. The van der Waals surface area contributed by atoms with Crippen molar-refractivity contribution in [2.24, 2.45) is 0 Å². The van der Waals surface area contributed by atoms with E-state index in [2.05, 4.69) is 20.2 Å². The number of rotatable bonds is 7. The van der Waals surface area contributed by atoms with E-state index in [9.17, 15) is 13.6 Å². The summed E-state index contributed by atoms with van der Waals surface area (Å²) in [5.41, 5.74) is 3.01. The largest absolute Gasteiger partial charge is 0.478 e. The van der Waals surface area contributed by atoms with E-state index in [-0.39, 0.29) is 29.8 Å². The van der Waals surface area contributed by atoms with Crippen molar-refractivity contribution in [2.45, 2.75) is 20.1 Å². The Morgan fingerprint density at radius 3 is 2.81 bits per heavy atom. The van der Waals surface area contributed by atoms with Crippen LogP contribution in [0.2, 0.25) is 0 Å². The van der Waals surface area contributed by atoms with Gasteiger partial charge < -0.3 is 9.64 Å². The van der Waals surface area contributed by atoms with Gasteiger partial charge in [0.2, 0.25) is 5.88 Å². The molecule has 0 fully saturated rings. The van der Waals surface area contributed by atoms with Gasteiger partial charge in [-0.3, -0.25) is 14.9 Å². The summed E-state index contributed by atoms with van der Waals surface area (Å²) in [5.74, 6) is -0.455. The quantitative estimate of drug-likeness (QED) is 0.466. The predicted molar refractivity (Wildman–Crippen MR) is 115 cm³/mol. The molecular formula is C23H21F2N5O2. The number of pyridine rings is 2. The van der Waals surface area contributed by atoms with Crippen molar-refractivity contribution >= 4 is 16.8 Å². The topological polar surface area (TPSA) is 84.0 Å². The van der Waals surface area contributed by atoms with Crippen molar-refractivity contribution in [2.75, 3.05) is 13.7 Å². The molecule has 0 unspecified atom stereocenters. The van der Waals surface area contributed by atoms with Crippen molar-refractivity contribution < 1.29 is 18.3 Å². The molecule has 7 nitrogen and oxygen atoms in total. The SMILES string of the molecule is CCOc1nc(C(=O)N(C)Cc2cnc(CF)c3cn[nH]c23)ccc1-c1cccc(F)c1. The highest BCUT2D eigenvalue weighted by molar-refractivity contribution is 5.93. The number of nitrogens with one attached hydrogen (secondary N) is 1. The van der Waals surface area contributed by atoms with Gasteiger partial charge in [-0.2, -0.15) is 5.10 Å². The van der Waals surface area contributed by atoms with Crippen LogP contribution in [0.1, 0.15) is 28.7 Å². The molecule has 3 aromatic heterocycles. The fourth-order valence-corrected chi connectivity index (χ4v) is 3.47. The summed E-state index contributed by atoms with van der Waals surface area (Å²) >= 11 is 0. The maximum absolute atomic E-state index is 13.7. The summed E-state index contributed by atoms with van der Waals surface area (Å²) in [4.78, 5) is 23.0. The Bertz CT molecular complexity index is 1270. The van der Waals surface area contributed by atoms with Gasteiger partial charge in [-0.05, 0) is 36.8 Å². The molecule has 0 aliphatic carbocycles. The van der Waals surface area contributed by atoms with Gasteiger partial charge in [0.05, 0.1) is 24.0 Å². The molecule has 1 N–H and O–H groups in total. The maximum atomic E-state index is 13.7. The van der Waals surface area contributed by atoms with Crippen LogP contribution in [0.5, 0.6) is 5.88 Å². The molecule has 0 saturated carbocycles. The number of benzene rings is 1. The van der Waals surface area contributed by atoms with E-state index >= 15 is 0 Å². The van der Waals surface area contributed by atoms with E-state index in [1.807, 2.05) is 0 Å². The van der Waals surface area contributed by atoms with Gasteiger partial charge in [0.25, 0.3) is 5.91 Å². The minimum Gasteiger partial charge on any atom is -0.478 e. The molecule has 0 aliphatic heterocycles. The number of alkyl halides is 1. The zero-order valence-corrected chi connectivity index (χ0v) is 17.6. The van der Waals surface area contributed by atoms with Gasteiger partial charge in [0.15, 0.2) is 0 Å². The Morgan fingerprint density at radius 2 is 2.06 bits per heavy atom. The van der Waals surface area contributed by atoms with Crippen LogP contribution in [0.15, 0.2) is 48.8 Å². The number of amides is 1. The third kappa shape index (κ3) is 4.14. The number of fused-ring (bicyclic) bond motifs is 1. The first-order valence-electron chi connectivity index (χ1n) is 10.0. The minimum absolute atomic E-state index is 0.185. The van der Waals surface area contributed by atoms with Crippen LogP contribution in [0.25, 0.3) is 22.0 Å². The normalized spacial score (nSPS) is 11.0. The molecule has 9 heteroatoms. The molecule has 32 heavy (non-hydrogen) atoms. The van der Waals surface area contributed by atoms with E-state index in [0.29, 0.717) is 39.9 Å². The lowest BCUT2D eigenvalue weighted by Crippen LogP contribution is -2.27. The first-order valence-corrected chi connectivity index (χ1v) is 10.0. The van der Waals surface area contributed by atoms with Crippen molar-refractivity contribution in [1.29, 1.82) is 0 Å². The molecule has 164 valence electrons. The molecular weight excluding hydrogens is 416 g/mol. The molecule has 0 atom stereocenters. The van der Waals surface area contributed by atoms with E-state index in [1.165, 1.54) is 29.4 Å². The van der Waals surface area contributed by atoms with Gasteiger partial charge >= 0.3 is 0 Å². The number of ether oxygens (including phenoxy) is 1. The van der Waals surface area contributed by atoms with E-state index in [1.54, 1.807) is 38.2 Å². The summed E-state index contributed by atoms with van der Waals surface area (Å²) in [7, 11) is 1.64. The monoisotopic (exact) mass is 437 g/mol. The fraction of sp³-hybridized carbons (Fsp3) is 0.217. The van der Waals surface area contributed by atoms with Crippen LogP contribution >= 0.6 is 0 Å². The Balaban J connectivity index is 1.61. The van der Waals surface area contributed by atoms with E-state index in [4.69, 9.17) is 4.74 Å².